The van der Waals surface area contributed by atoms with Crippen molar-refractivity contribution >= 4 is 21.9 Å². The second-order valence-corrected chi connectivity index (χ2v) is 5.18. The Morgan fingerprint density at radius 3 is 2.53 bits per heavy atom. The maximum Gasteiger partial charge on any atom is 0.337 e. The van der Waals surface area contributed by atoms with Gasteiger partial charge in [-0.1, -0.05) is 46.6 Å². The molecule has 0 aliphatic carbocycles. The lowest BCUT2D eigenvalue weighted by molar-refractivity contribution is 0.0600. The van der Waals surface area contributed by atoms with Crippen LogP contribution < -0.4 is 0 Å². The van der Waals surface area contributed by atoms with E-state index in [1.165, 1.54) is 18.2 Å². The minimum absolute atomic E-state index is 0.281. The van der Waals surface area contributed by atoms with E-state index in [2.05, 4.69) is 33.7 Å². The van der Waals surface area contributed by atoms with Gasteiger partial charge in [-0.25, -0.2) is 4.79 Å². The van der Waals surface area contributed by atoms with Gasteiger partial charge in [0, 0.05) is 5.33 Å². The molecule has 0 bridgehead atoms. The van der Waals surface area contributed by atoms with Crippen LogP contribution in [-0.2, 0) is 11.2 Å². The van der Waals surface area contributed by atoms with E-state index in [9.17, 15) is 4.79 Å². The number of aryl methyl sites for hydroxylation is 1. The van der Waals surface area contributed by atoms with Crippen molar-refractivity contribution in [3.63, 3.8) is 0 Å². The topological polar surface area (TPSA) is 26.3 Å². The Morgan fingerprint density at radius 1 is 1.32 bits per heavy atom. The number of ether oxygens (including phenoxy) is 1. The summed E-state index contributed by atoms with van der Waals surface area (Å²) in [5, 5.41) is 1.03. The first-order valence-electron chi connectivity index (χ1n) is 6.62. The van der Waals surface area contributed by atoms with Gasteiger partial charge in [0.05, 0.1) is 12.7 Å². The molecule has 19 heavy (non-hydrogen) atoms. The summed E-state index contributed by atoms with van der Waals surface area (Å²) in [4.78, 5) is 11.3. The van der Waals surface area contributed by atoms with Crippen LogP contribution in [0.15, 0.2) is 35.9 Å². The molecule has 0 radical (unpaired) electrons. The Kier molecular flexibility index (Phi) is 7.49. The summed E-state index contributed by atoms with van der Waals surface area (Å²) < 4.78 is 4.68. The fourth-order valence-corrected chi connectivity index (χ4v) is 2.42. The molecule has 0 spiro atoms. The summed E-state index contributed by atoms with van der Waals surface area (Å²) in [6.07, 6.45) is 6.63. The van der Waals surface area contributed by atoms with E-state index >= 15 is 0 Å². The number of rotatable bonds is 7. The molecule has 2 nitrogen and oxygen atoms in total. The zero-order chi connectivity index (χ0) is 14.1. The Bertz CT molecular complexity index is 421. The van der Waals surface area contributed by atoms with Crippen LogP contribution in [0, 0.1) is 0 Å². The molecule has 0 aliphatic heterocycles. The van der Waals surface area contributed by atoms with Crippen molar-refractivity contribution in [3.8, 4) is 0 Å². The van der Waals surface area contributed by atoms with Crippen molar-refractivity contribution < 1.29 is 9.53 Å². The third-order valence-corrected chi connectivity index (χ3v) is 3.51. The molecule has 0 unspecified atom stereocenters. The number of benzene rings is 1. The van der Waals surface area contributed by atoms with E-state index in [4.69, 9.17) is 0 Å². The van der Waals surface area contributed by atoms with Crippen LogP contribution in [0.5, 0.6) is 0 Å². The lowest BCUT2D eigenvalue weighted by Gasteiger charge is -2.04. The van der Waals surface area contributed by atoms with E-state index < -0.39 is 0 Å². The van der Waals surface area contributed by atoms with Gasteiger partial charge in [-0.2, -0.15) is 0 Å². The molecule has 1 aromatic carbocycles. The molecule has 0 aromatic heterocycles. The molecule has 0 N–H and O–H groups in total. The van der Waals surface area contributed by atoms with Gasteiger partial charge in [-0.15, -0.1) is 0 Å². The number of halogens is 1. The molecule has 0 heterocycles. The normalized spacial score (nSPS) is 11.4. The van der Waals surface area contributed by atoms with Gasteiger partial charge in [0.2, 0.25) is 0 Å². The van der Waals surface area contributed by atoms with Crippen LogP contribution in [0.4, 0.5) is 0 Å². The fraction of sp³-hybridized carbons (Fsp3) is 0.438. The van der Waals surface area contributed by atoms with Crippen LogP contribution in [0.25, 0.3) is 0 Å². The SMILES string of the molecule is CCC(=CCCc1ccc(C(=O)OC)cc1)CCBr. The molecule has 1 aromatic rings. The highest BCUT2D eigenvalue weighted by atomic mass is 79.9. The molecule has 3 heteroatoms. The van der Waals surface area contributed by atoms with Gasteiger partial charge in [0.25, 0.3) is 0 Å². The molecule has 0 aliphatic rings. The summed E-state index contributed by atoms with van der Waals surface area (Å²) in [6.45, 7) is 2.19. The van der Waals surface area contributed by atoms with Crippen LogP contribution in [-0.4, -0.2) is 18.4 Å². The first-order valence-corrected chi connectivity index (χ1v) is 7.74. The lowest BCUT2D eigenvalue weighted by Crippen LogP contribution is -2.00. The molecule has 0 saturated heterocycles. The second-order valence-electron chi connectivity index (χ2n) is 4.38. The third kappa shape index (κ3) is 5.60. The van der Waals surface area contributed by atoms with Crippen LogP contribution >= 0.6 is 15.9 Å². The number of carbonyl (C=O) groups excluding carboxylic acids is 1. The smallest absolute Gasteiger partial charge is 0.337 e. The molecule has 0 saturated carbocycles. The van der Waals surface area contributed by atoms with Gasteiger partial charge in [0.1, 0.15) is 0 Å². The summed E-state index contributed by atoms with van der Waals surface area (Å²) in [5.41, 5.74) is 3.36. The predicted octanol–water partition coefficient (Wildman–Crippen LogP) is 4.53. The average Bonchev–Trinajstić information content (AvgIpc) is 2.46. The molecule has 104 valence electrons. The highest BCUT2D eigenvalue weighted by molar-refractivity contribution is 9.09. The van der Waals surface area contributed by atoms with E-state index in [0.29, 0.717) is 5.56 Å². The Morgan fingerprint density at radius 2 is 2.00 bits per heavy atom. The first kappa shape index (κ1) is 16.0. The molecular formula is C16H21BrO2. The quantitative estimate of drug-likeness (QED) is 0.418. The van der Waals surface area contributed by atoms with Gasteiger partial charge in [-0.05, 0) is 43.4 Å². The molecule has 0 amide bonds. The Balaban J connectivity index is 2.52. The first-order chi connectivity index (χ1) is 9.21. The third-order valence-electron chi connectivity index (χ3n) is 3.11. The van der Waals surface area contributed by atoms with Crippen molar-refractivity contribution in [1.82, 2.24) is 0 Å². The highest BCUT2D eigenvalue weighted by Gasteiger charge is 2.03. The van der Waals surface area contributed by atoms with E-state index in [1.807, 2.05) is 24.3 Å². The van der Waals surface area contributed by atoms with Crippen molar-refractivity contribution in [2.75, 3.05) is 12.4 Å². The summed E-state index contributed by atoms with van der Waals surface area (Å²) >= 11 is 3.47. The molecule has 0 fully saturated rings. The number of hydrogen-bond acceptors (Lipinski definition) is 2. The maximum atomic E-state index is 11.3. The number of carbonyl (C=O) groups is 1. The zero-order valence-electron chi connectivity index (χ0n) is 11.6. The van der Waals surface area contributed by atoms with Gasteiger partial charge >= 0.3 is 5.97 Å². The largest absolute Gasteiger partial charge is 0.465 e. The van der Waals surface area contributed by atoms with Crippen molar-refractivity contribution in [2.24, 2.45) is 0 Å². The van der Waals surface area contributed by atoms with Crippen LogP contribution in [0.1, 0.15) is 42.1 Å². The van der Waals surface area contributed by atoms with Crippen LogP contribution in [0.3, 0.4) is 0 Å². The molecule has 0 atom stereocenters. The standard InChI is InChI=1S/C16H21BrO2/c1-3-13(11-12-17)5-4-6-14-7-9-15(10-8-14)16(18)19-2/h5,7-10H,3-4,6,11-12H2,1-2H3. The zero-order valence-corrected chi connectivity index (χ0v) is 13.2. The number of hydrogen-bond donors (Lipinski definition) is 0. The van der Waals surface area contributed by atoms with Gasteiger partial charge in [0.15, 0.2) is 0 Å². The summed E-state index contributed by atoms with van der Waals surface area (Å²) in [7, 11) is 1.40. The highest BCUT2D eigenvalue weighted by Crippen LogP contribution is 2.12. The Labute approximate surface area is 124 Å². The number of esters is 1. The Hall–Kier alpha value is -1.09. The van der Waals surface area contributed by atoms with Crippen molar-refractivity contribution in [2.45, 2.75) is 32.6 Å². The van der Waals surface area contributed by atoms with Crippen molar-refractivity contribution in [1.29, 1.82) is 0 Å². The fourth-order valence-electron chi connectivity index (χ4n) is 1.91. The number of alkyl halides is 1. The summed E-state index contributed by atoms with van der Waals surface area (Å²) in [6, 6.07) is 7.64. The van der Waals surface area contributed by atoms with Gasteiger partial charge in [-0.3, -0.25) is 0 Å². The van der Waals surface area contributed by atoms with Crippen molar-refractivity contribution in [3.05, 3.63) is 47.0 Å². The average molecular weight is 325 g/mol. The monoisotopic (exact) mass is 324 g/mol. The second kappa shape index (κ2) is 8.92. The minimum atomic E-state index is -0.281. The molecular weight excluding hydrogens is 304 g/mol. The van der Waals surface area contributed by atoms with E-state index in [-0.39, 0.29) is 5.97 Å². The maximum absolute atomic E-state index is 11.3. The minimum Gasteiger partial charge on any atom is -0.465 e. The number of allylic oxidation sites excluding steroid dienone is 2. The van der Waals surface area contributed by atoms with Gasteiger partial charge < -0.3 is 4.74 Å². The molecule has 1 rings (SSSR count). The lowest BCUT2D eigenvalue weighted by atomic mass is 10.0. The predicted molar refractivity (Wildman–Crippen MR) is 82.9 cm³/mol. The number of methoxy groups -OCH3 is 1. The van der Waals surface area contributed by atoms with E-state index in [0.717, 1.165) is 31.0 Å². The van der Waals surface area contributed by atoms with E-state index in [1.54, 1.807) is 0 Å². The van der Waals surface area contributed by atoms with Crippen LogP contribution in [0.2, 0.25) is 0 Å². The summed E-state index contributed by atoms with van der Waals surface area (Å²) in [5.74, 6) is -0.281.